The van der Waals surface area contributed by atoms with Crippen LogP contribution in [0.15, 0.2) is 76.2 Å². The Morgan fingerprint density at radius 1 is 1.00 bits per heavy atom. The number of rotatable bonds is 3. The molecule has 132 valence electrons. The predicted octanol–water partition coefficient (Wildman–Crippen LogP) is 3.60. The first-order valence-corrected chi connectivity index (χ1v) is 8.52. The predicted molar refractivity (Wildman–Crippen MR) is 102 cm³/mol. The summed E-state index contributed by atoms with van der Waals surface area (Å²) in [6.07, 6.45) is 3.96. The Hall–Kier alpha value is -3.64. The van der Waals surface area contributed by atoms with Crippen molar-refractivity contribution < 1.29 is 9.52 Å². The van der Waals surface area contributed by atoms with Crippen LogP contribution in [-0.4, -0.2) is 19.5 Å². The first-order valence-electron chi connectivity index (χ1n) is 8.52. The van der Waals surface area contributed by atoms with Gasteiger partial charge in [-0.25, -0.2) is 9.78 Å². The Balaban J connectivity index is 1.59. The third kappa shape index (κ3) is 2.72. The Morgan fingerprint density at radius 3 is 2.78 bits per heavy atom. The average Bonchev–Trinajstić information content (AvgIpc) is 3.28. The van der Waals surface area contributed by atoms with Crippen LogP contribution in [0.4, 0.5) is 0 Å². The van der Waals surface area contributed by atoms with Crippen molar-refractivity contribution in [1.29, 1.82) is 0 Å². The fourth-order valence-corrected chi connectivity index (χ4v) is 3.26. The molecule has 0 atom stereocenters. The summed E-state index contributed by atoms with van der Waals surface area (Å²) in [5.41, 5.74) is 6.61. The zero-order valence-corrected chi connectivity index (χ0v) is 14.2. The largest absolute Gasteiger partial charge is 0.417 e. The number of nitrogens with one attached hydrogen (secondary N) is 1. The number of imidazole rings is 1. The SMILES string of the molecule is O=c1[nH]c2ccc(-c3cn4cc(-c5cccc(CO)c5)ccc4n3)cc2o1. The minimum atomic E-state index is -0.466. The second kappa shape index (κ2) is 5.96. The number of H-pyrrole nitrogens is 1. The lowest BCUT2D eigenvalue weighted by Crippen LogP contribution is -1.92. The Morgan fingerprint density at radius 2 is 1.89 bits per heavy atom. The number of aromatic amines is 1. The number of pyridine rings is 1. The number of aromatic nitrogens is 3. The molecule has 27 heavy (non-hydrogen) atoms. The minimum absolute atomic E-state index is 0.0169. The quantitative estimate of drug-likeness (QED) is 0.517. The Labute approximate surface area is 153 Å². The van der Waals surface area contributed by atoms with E-state index in [0.29, 0.717) is 11.1 Å². The molecule has 0 fully saturated rings. The molecule has 3 aromatic heterocycles. The summed E-state index contributed by atoms with van der Waals surface area (Å²) in [6, 6.07) is 17.3. The topological polar surface area (TPSA) is 83.5 Å². The molecule has 6 nitrogen and oxygen atoms in total. The standard InChI is InChI=1S/C21H15N3O3/c25-12-13-2-1-3-14(8-13)16-5-7-20-22-18(11-24(20)10-16)15-4-6-17-19(9-15)27-21(26)23-17/h1-11,25H,12H2,(H,23,26). The number of aliphatic hydroxyl groups is 1. The van der Waals surface area contributed by atoms with Crippen LogP contribution in [0.1, 0.15) is 5.56 Å². The van der Waals surface area contributed by atoms with Gasteiger partial charge >= 0.3 is 5.76 Å². The molecule has 0 aliphatic carbocycles. The van der Waals surface area contributed by atoms with Gasteiger partial charge in [-0.05, 0) is 47.0 Å². The smallest absolute Gasteiger partial charge is 0.408 e. The number of aliphatic hydroxyl groups excluding tert-OH is 1. The highest BCUT2D eigenvalue weighted by Crippen LogP contribution is 2.25. The van der Waals surface area contributed by atoms with Crippen LogP contribution in [0.25, 0.3) is 39.1 Å². The van der Waals surface area contributed by atoms with Gasteiger partial charge in [0.15, 0.2) is 5.58 Å². The maximum Gasteiger partial charge on any atom is 0.417 e. The van der Waals surface area contributed by atoms with E-state index in [1.54, 1.807) is 6.07 Å². The van der Waals surface area contributed by atoms with Crippen LogP contribution in [-0.2, 0) is 6.61 Å². The van der Waals surface area contributed by atoms with Gasteiger partial charge in [0.05, 0.1) is 17.8 Å². The average molecular weight is 357 g/mol. The molecule has 0 bridgehead atoms. The van der Waals surface area contributed by atoms with Crippen LogP contribution in [0.2, 0.25) is 0 Å². The number of nitrogens with zero attached hydrogens (tertiary/aromatic N) is 2. The van der Waals surface area contributed by atoms with Gasteiger partial charge in [-0.1, -0.05) is 24.3 Å². The van der Waals surface area contributed by atoms with Crippen molar-refractivity contribution in [3.63, 3.8) is 0 Å². The second-order valence-electron chi connectivity index (χ2n) is 6.39. The summed E-state index contributed by atoms with van der Waals surface area (Å²) < 4.78 is 7.10. The zero-order chi connectivity index (χ0) is 18.4. The van der Waals surface area contributed by atoms with Gasteiger partial charge in [-0.2, -0.15) is 0 Å². The van der Waals surface area contributed by atoms with E-state index < -0.39 is 5.76 Å². The molecule has 0 unspecified atom stereocenters. The van der Waals surface area contributed by atoms with E-state index in [-0.39, 0.29) is 6.61 Å². The van der Waals surface area contributed by atoms with E-state index in [1.165, 1.54) is 0 Å². The summed E-state index contributed by atoms with van der Waals surface area (Å²) in [6.45, 7) is 0.0169. The molecule has 0 saturated carbocycles. The van der Waals surface area contributed by atoms with Crippen molar-refractivity contribution in [2.45, 2.75) is 6.61 Å². The van der Waals surface area contributed by atoms with Crippen molar-refractivity contribution in [1.82, 2.24) is 14.4 Å². The summed E-state index contributed by atoms with van der Waals surface area (Å²) in [5.74, 6) is -0.466. The normalized spacial score (nSPS) is 11.4. The third-order valence-corrected chi connectivity index (χ3v) is 4.61. The van der Waals surface area contributed by atoms with Gasteiger partial charge in [-0.15, -0.1) is 0 Å². The van der Waals surface area contributed by atoms with Gasteiger partial charge in [0, 0.05) is 18.0 Å². The Kier molecular flexibility index (Phi) is 3.45. The lowest BCUT2D eigenvalue weighted by Gasteiger charge is -2.04. The van der Waals surface area contributed by atoms with E-state index in [4.69, 9.17) is 4.42 Å². The molecular formula is C21H15N3O3. The van der Waals surface area contributed by atoms with Gasteiger partial charge in [0.1, 0.15) is 5.65 Å². The van der Waals surface area contributed by atoms with Gasteiger partial charge in [-0.3, -0.25) is 4.98 Å². The molecule has 0 saturated heterocycles. The van der Waals surface area contributed by atoms with E-state index in [9.17, 15) is 9.90 Å². The second-order valence-corrected chi connectivity index (χ2v) is 6.39. The van der Waals surface area contributed by atoms with E-state index in [1.807, 2.05) is 65.3 Å². The first-order chi connectivity index (χ1) is 13.2. The molecule has 0 spiro atoms. The van der Waals surface area contributed by atoms with E-state index >= 15 is 0 Å². The fourth-order valence-electron chi connectivity index (χ4n) is 3.26. The number of oxazole rings is 1. The molecule has 0 aliphatic rings. The van der Waals surface area contributed by atoms with Crippen LogP contribution in [0, 0.1) is 0 Å². The van der Waals surface area contributed by atoms with Crippen molar-refractivity contribution in [2.24, 2.45) is 0 Å². The van der Waals surface area contributed by atoms with Crippen LogP contribution < -0.4 is 5.76 Å². The number of hydrogen-bond donors (Lipinski definition) is 2. The van der Waals surface area contributed by atoms with Gasteiger partial charge < -0.3 is 13.9 Å². The number of hydrogen-bond acceptors (Lipinski definition) is 4. The lowest BCUT2D eigenvalue weighted by atomic mass is 10.1. The summed E-state index contributed by atoms with van der Waals surface area (Å²) in [4.78, 5) is 18.6. The molecule has 6 heteroatoms. The van der Waals surface area contributed by atoms with E-state index in [0.717, 1.165) is 33.6 Å². The molecule has 2 N–H and O–H groups in total. The third-order valence-electron chi connectivity index (χ3n) is 4.61. The van der Waals surface area contributed by atoms with Crippen molar-refractivity contribution >= 4 is 16.7 Å². The monoisotopic (exact) mass is 357 g/mol. The van der Waals surface area contributed by atoms with Crippen LogP contribution >= 0.6 is 0 Å². The molecule has 0 aliphatic heterocycles. The van der Waals surface area contributed by atoms with Gasteiger partial charge in [0.25, 0.3) is 0 Å². The van der Waals surface area contributed by atoms with Crippen molar-refractivity contribution in [3.8, 4) is 22.4 Å². The maximum absolute atomic E-state index is 11.3. The van der Waals surface area contributed by atoms with Crippen molar-refractivity contribution in [3.05, 3.63) is 83.1 Å². The molecule has 2 aromatic carbocycles. The van der Waals surface area contributed by atoms with Crippen LogP contribution in [0.3, 0.4) is 0 Å². The summed E-state index contributed by atoms with van der Waals surface area (Å²) in [7, 11) is 0. The molecular weight excluding hydrogens is 342 g/mol. The number of fused-ring (bicyclic) bond motifs is 2. The molecule has 5 aromatic rings. The lowest BCUT2D eigenvalue weighted by molar-refractivity contribution is 0.282. The first kappa shape index (κ1) is 15.6. The minimum Gasteiger partial charge on any atom is -0.408 e. The molecule has 5 rings (SSSR count). The Bertz CT molecular complexity index is 1340. The maximum atomic E-state index is 11.3. The highest BCUT2D eigenvalue weighted by Gasteiger charge is 2.09. The number of benzene rings is 2. The highest BCUT2D eigenvalue weighted by atomic mass is 16.4. The molecule has 3 heterocycles. The highest BCUT2D eigenvalue weighted by molar-refractivity contribution is 5.79. The zero-order valence-electron chi connectivity index (χ0n) is 14.2. The summed E-state index contributed by atoms with van der Waals surface area (Å²) >= 11 is 0. The van der Waals surface area contributed by atoms with Gasteiger partial charge in [0.2, 0.25) is 0 Å². The van der Waals surface area contributed by atoms with Crippen LogP contribution in [0.5, 0.6) is 0 Å². The van der Waals surface area contributed by atoms with E-state index in [2.05, 4.69) is 9.97 Å². The molecule has 0 radical (unpaired) electrons. The fraction of sp³-hybridized carbons (Fsp3) is 0.0476. The summed E-state index contributed by atoms with van der Waals surface area (Å²) in [5, 5.41) is 9.34. The van der Waals surface area contributed by atoms with Crippen molar-refractivity contribution in [2.75, 3.05) is 0 Å². The molecule has 0 amide bonds.